The van der Waals surface area contributed by atoms with Crippen molar-refractivity contribution in [2.24, 2.45) is 0 Å². The fourth-order valence-corrected chi connectivity index (χ4v) is 1.24. The van der Waals surface area contributed by atoms with Crippen molar-refractivity contribution in [3.05, 3.63) is 41.5 Å². The second-order valence-corrected chi connectivity index (χ2v) is 3.50. The lowest BCUT2D eigenvalue weighted by molar-refractivity contribution is 0.112. The predicted molar refractivity (Wildman–Crippen MR) is 61.5 cm³/mol. The van der Waals surface area contributed by atoms with Crippen LogP contribution in [0, 0.1) is 6.92 Å². The van der Waals surface area contributed by atoms with E-state index in [1.54, 1.807) is 6.07 Å². The fraction of sp³-hybridized carbons (Fsp3) is 0.308. The van der Waals surface area contributed by atoms with Gasteiger partial charge in [-0.3, -0.25) is 4.79 Å². The molecule has 0 aliphatic rings. The van der Waals surface area contributed by atoms with Crippen molar-refractivity contribution in [1.29, 1.82) is 0 Å². The molecule has 0 N–H and O–H groups in total. The third-order valence-electron chi connectivity index (χ3n) is 2.29. The van der Waals surface area contributed by atoms with Crippen LogP contribution in [-0.2, 0) is 0 Å². The topological polar surface area (TPSA) is 26.3 Å². The van der Waals surface area contributed by atoms with Gasteiger partial charge >= 0.3 is 0 Å². The first-order valence-electron chi connectivity index (χ1n) is 5.03. The highest BCUT2D eigenvalue weighted by molar-refractivity contribution is 5.80. The summed E-state index contributed by atoms with van der Waals surface area (Å²) in [6.07, 6.45) is 1.71. The second kappa shape index (κ2) is 5.35. The lowest BCUT2D eigenvalue weighted by Crippen LogP contribution is -2.03. The largest absolute Gasteiger partial charge is 0.488 e. The maximum atomic E-state index is 10.8. The number of rotatable bonds is 5. The van der Waals surface area contributed by atoms with E-state index in [2.05, 4.69) is 6.58 Å². The van der Waals surface area contributed by atoms with Crippen molar-refractivity contribution >= 4 is 6.29 Å². The molecule has 0 spiro atoms. The highest BCUT2D eigenvalue weighted by atomic mass is 16.5. The summed E-state index contributed by atoms with van der Waals surface area (Å²) in [5.74, 6) is 0.669. The zero-order chi connectivity index (χ0) is 11.3. The molecule has 80 valence electrons. The van der Waals surface area contributed by atoms with Crippen LogP contribution < -0.4 is 4.74 Å². The van der Waals surface area contributed by atoms with E-state index in [0.717, 1.165) is 23.8 Å². The van der Waals surface area contributed by atoms with E-state index in [1.807, 2.05) is 26.0 Å². The molecule has 0 heterocycles. The summed E-state index contributed by atoms with van der Waals surface area (Å²) in [6, 6.07) is 5.53. The molecule has 1 aromatic rings. The van der Waals surface area contributed by atoms with Gasteiger partial charge in [0.15, 0.2) is 6.29 Å². The number of ether oxygens (including phenoxy) is 1. The number of aldehydes is 1. The SMILES string of the molecule is C=C(CC)COc1c(C)cccc1C=O. The van der Waals surface area contributed by atoms with E-state index in [-0.39, 0.29) is 0 Å². The molecule has 0 atom stereocenters. The Bertz CT molecular complexity index is 367. The van der Waals surface area contributed by atoms with Crippen LogP contribution in [0.2, 0.25) is 0 Å². The lowest BCUT2D eigenvalue weighted by atomic mass is 10.1. The number of carbonyl (C=O) groups excluding carboxylic acids is 1. The Morgan fingerprint density at radius 1 is 1.53 bits per heavy atom. The van der Waals surface area contributed by atoms with Gasteiger partial charge in [0.05, 0.1) is 5.56 Å². The zero-order valence-corrected chi connectivity index (χ0v) is 9.25. The Hall–Kier alpha value is -1.57. The quantitative estimate of drug-likeness (QED) is 0.544. The number of benzene rings is 1. The van der Waals surface area contributed by atoms with E-state index in [1.165, 1.54) is 0 Å². The van der Waals surface area contributed by atoms with Gasteiger partial charge in [0, 0.05) is 0 Å². The summed E-state index contributed by atoms with van der Waals surface area (Å²) < 4.78 is 5.58. The van der Waals surface area contributed by atoms with Crippen LogP contribution in [0.15, 0.2) is 30.4 Å². The molecular formula is C13H16O2. The van der Waals surface area contributed by atoms with Gasteiger partial charge in [0.25, 0.3) is 0 Å². The van der Waals surface area contributed by atoms with E-state index in [0.29, 0.717) is 17.9 Å². The standard InChI is InChI=1S/C13H16O2/c1-4-10(2)9-15-13-11(3)6-5-7-12(13)8-14/h5-8H,2,4,9H2,1,3H3. The molecule has 0 amide bonds. The molecule has 0 aliphatic heterocycles. The molecule has 0 fully saturated rings. The average molecular weight is 204 g/mol. The Kier molecular flexibility index (Phi) is 4.10. The van der Waals surface area contributed by atoms with E-state index >= 15 is 0 Å². The molecule has 0 unspecified atom stereocenters. The Morgan fingerprint density at radius 2 is 2.27 bits per heavy atom. The minimum Gasteiger partial charge on any atom is -0.488 e. The maximum absolute atomic E-state index is 10.8. The van der Waals surface area contributed by atoms with Gasteiger partial charge in [0.1, 0.15) is 12.4 Å². The third kappa shape index (κ3) is 2.94. The molecule has 1 rings (SSSR count). The van der Waals surface area contributed by atoms with E-state index in [9.17, 15) is 4.79 Å². The zero-order valence-electron chi connectivity index (χ0n) is 9.25. The highest BCUT2D eigenvalue weighted by Crippen LogP contribution is 2.22. The lowest BCUT2D eigenvalue weighted by Gasteiger charge is -2.11. The normalized spacial score (nSPS) is 9.73. The van der Waals surface area contributed by atoms with Crippen molar-refractivity contribution in [3.63, 3.8) is 0 Å². The van der Waals surface area contributed by atoms with Crippen molar-refractivity contribution in [2.45, 2.75) is 20.3 Å². The Morgan fingerprint density at radius 3 is 2.87 bits per heavy atom. The predicted octanol–water partition coefficient (Wildman–Crippen LogP) is 3.15. The number of hydrogen-bond acceptors (Lipinski definition) is 2. The van der Waals surface area contributed by atoms with Crippen LogP contribution in [-0.4, -0.2) is 12.9 Å². The Balaban J connectivity index is 2.83. The minimum atomic E-state index is 0.474. The van der Waals surface area contributed by atoms with Gasteiger partial charge in [-0.1, -0.05) is 25.6 Å². The van der Waals surface area contributed by atoms with Crippen molar-refractivity contribution in [1.82, 2.24) is 0 Å². The smallest absolute Gasteiger partial charge is 0.153 e. The summed E-state index contributed by atoms with van der Waals surface area (Å²) in [5.41, 5.74) is 2.59. The van der Waals surface area contributed by atoms with Crippen molar-refractivity contribution in [2.75, 3.05) is 6.61 Å². The van der Waals surface area contributed by atoms with Crippen molar-refractivity contribution < 1.29 is 9.53 Å². The first-order chi connectivity index (χ1) is 7.19. The first-order valence-corrected chi connectivity index (χ1v) is 5.03. The summed E-state index contributed by atoms with van der Waals surface area (Å²) in [4.78, 5) is 10.8. The summed E-state index contributed by atoms with van der Waals surface area (Å²) in [6.45, 7) is 8.29. The first kappa shape index (κ1) is 11.5. The van der Waals surface area contributed by atoms with E-state index < -0.39 is 0 Å². The van der Waals surface area contributed by atoms with Gasteiger partial charge < -0.3 is 4.74 Å². The molecule has 0 saturated heterocycles. The van der Waals surface area contributed by atoms with Gasteiger partial charge in [-0.15, -0.1) is 0 Å². The number of hydrogen-bond donors (Lipinski definition) is 0. The van der Waals surface area contributed by atoms with Crippen LogP contribution in [0.25, 0.3) is 0 Å². The van der Waals surface area contributed by atoms with Crippen LogP contribution >= 0.6 is 0 Å². The van der Waals surface area contributed by atoms with Crippen LogP contribution in [0.3, 0.4) is 0 Å². The molecule has 0 radical (unpaired) electrons. The molecule has 1 aromatic carbocycles. The number of para-hydroxylation sites is 1. The van der Waals surface area contributed by atoms with Crippen LogP contribution in [0.1, 0.15) is 29.3 Å². The van der Waals surface area contributed by atoms with Crippen LogP contribution in [0.4, 0.5) is 0 Å². The molecule has 0 bridgehead atoms. The third-order valence-corrected chi connectivity index (χ3v) is 2.29. The minimum absolute atomic E-state index is 0.474. The molecule has 15 heavy (non-hydrogen) atoms. The van der Waals surface area contributed by atoms with Gasteiger partial charge in [0.2, 0.25) is 0 Å². The highest BCUT2D eigenvalue weighted by Gasteiger charge is 2.05. The second-order valence-electron chi connectivity index (χ2n) is 3.50. The monoisotopic (exact) mass is 204 g/mol. The number of aryl methyl sites for hydroxylation is 1. The fourth-order valence-electron chi connectivity index (χ4n) is 1.24. The Labute approximate surface area is 90.6 Å². The molecule has 2 heteroatoms. The van der Waals surface area contributed by atoms with Crippen LogP contribution in [0.5, 0.6) is 5.75 Å². The van der Waals surface area contributed by atoms with E-state index in [4.69, 9.17) is 4.74 Å². The van der Waals surface area contributed by atoms with Crippen molar-refractivity contribution in [3.8, 4) is 5.75 Å². The molecule has 0 aromatic heterocycles. The summed E-state index contributed by atoms with van der Waals surface area (Å²) in [5, 5.41) is 0. The molecular weight excluding hydrogens is 188 g/mol. The van der Waals surface area contributed by atoms with Gasteiger partial charge in [-0.25, -0.2) is 0 Å². The number of carbonyl (C=O) groups is 1. The molecule has 2 nitrogen and oxygen atoms in total. The van der Waals surface area contributed by atoms with Gasteiger partial charge in [-0.05, 0) is 30.5 Å². The molecule has 0 aliphatic carbocycles. The van der Waals surface area contributed by atoms with Gasteiger partial charge in [-0.2, -0.15) is 0 Å². The average Bonchev–Trinajstić information content (AvgIpc) is 2.26. The maximum Gasteiger partial charge on any atom is 0.153 e. The molecule has 0 saturated carbocycles. The summed E-state index contributed by atoms with van der Waals surface area (Å²) >= 11 is 0. The summed E-state index contributed by atoms with van der Waals surface area (Å²) in [7, 11) is 0.